The molecule has 0 aliphatic rings. The summed E-state index contributed by atoms with van der Waals surface area (Å²) in [5, 5.41) is 1.23. The molecule has 16 heavy (non-hydrogen) atoms. The second kappa shape index (κ2) is 4.87. The van der Waals surface area contributed by atoms with Gasteiger partial charge in [-0.15, -0.1) is 0 Å². The Hall–Kier alpha value is -1.03. The van der Waals surface area contributed by atoms with Crippen molar-refractivity contribution >= 4 is 34.8 Å². The maximum Gasteiger partial charge on any atom is 0.323 e. The summed E-state index contributed by atoms with van der Waals surface area (Å²) in [6.45, 7) is 0. The van der Waals surface area contributed by atoms with E-state index in [1.807, 2.05) is 0 Å². The highest BCUT2D eigenvalue weighted by Gasteiger charge is 2.06. The highest BCUT2D eigenvalue weighted by atomic mass is 35.5. The molecule has 82 valence electrons. The topological polar surface area (TPSA) is 35.0 Å². The van der Waals surface area contributed by atoms with E-state index in [1.54, 1.807) is 24.3 Å². The van der Waals surface area contributed by atoms with Crippen LogP contribution in [-0.2, 0) is 0 Å². The van der Waals surface area contributed by atoms with Crippen molar-refractivity contribution in [2.24, 2.45) is 0 Å². The number of nitrogens with zero attached hydrogens (tertiary/aromatic N) is 2. The minimum absolute atomic E-state index is 0.122. The van der Waals surface area contributed by atoms with Gasteiger partial charge in [0.05, 0.1) is 5.02 Å². The van der Waals surface area contributed by atoms with Gasteiger partial charge in [0.15, 0.2) is 5.75 Å². The summed E-state index contributed by atoms with van der Waals surface area (Å²) in [7, 11) is 0. The number of hydrogen-bond acceptors (Lipinski definition) is 3. The first-order valence-electron chi connectivity index (χ1n) is 4.26. The normalized spacial score (nSPS) is 10.2. The SMILES string of the molecule is Clc1ccc(Cl)c(Oc2nccc(Cl)n2)c1. The lowest BCUT2D eigenvalue weighted by atomic mass is 10.3. The lowest BCUT2D eigenvalue weighted by Crippen LogP contribution is -1.91. The van der Waals surface area contributed by atoms with E-state index in [0.717, 1.165) is 0 Å². The Morgan fingerprint density at radius 2 is 1.88 bits per heavy atom. The predicted octanol–water partition coefficient (Wildman–Crippen LogP) is 4.23. The number of ether oxygens (including phenoxy) is 1. The summed E-state index contributed by atoms with van der Waals surface area (Å²) in [6.07, 6.45) is 1.49. The van der Waals surface area contributed by atoms with Crippen molar-refractivity contribution in [2.45, 2.75) is 0 Å². The molecule has 0 saturated heterocycles. The Kier molecular flexibility index (Phi) is 3.49. The second-order valence-electron chi connectivity index (χ2n) is 2.84. The zero-order chi connectivity index (χ0) is 11.5. The number of benzene rings is 1. The lowest BCUT2D eigenvalue weighted by molar-refractivity contribution is 0.442. The molecule has 0 unspecified atom stereocenters. The van der Waals surface area contributed by atoms with Crippen LogP contribution in [0.1, 0.15) is 0 Å². The van der Waals surface area contributed by atoms with Crippen LogP contribution in [0.2, 0.25) is 15.2 Å². The Morgan fingerprint density at radius 3 is 2.62 bits per heavy atom. The van der Waals surface area contributed by atoms with Crippen molar-refractivity contribution in [3.05, 3.63) is 45.7 Å². The van der Waals surface area contributed by atoms with Crippen LogP contribution in [0.15, 0.2) is 30.5 Å². The van der Waals surface area contributed by atoms with Gasteiger partial charge in [0.2, 0.25) is 0 Å². The van der Waals surface area contributed by atoms with Crippen LogP contribution < -0.4 is 4.74 Å². The summed E-state index contributed by atoms with van der Waals surface area (Å²) in [5.74, 6) is 0.386. The molecule has 6 heteroatoms. The fourth-order valence-electron chi connectivity index (χ4n) is 1.02. The van der Waals surface area contributed by atoms with Gasteiger partial charge in [-0.2, -0.15) is 4.98 Å². The van der Waals surface area contributed by atoms with Crippen LogP contribution in [0, 0.1) is 0 Å². The summed E-state index contributed by atoms with van der Waals surface area (Å²) in [4.78, 5) is 7.76. The summed E-state index contributed by atoms with van der Waals surface area (Å²) >= 11 is 17.4. The minimum Gasteiger partial charge on any atom is -0.423 e. The molecule has 0 saturated carbocycles. The molecule has 1 aromatic heterocycles. The van der Waals surface area contributed by atoms with Crippen LogP contribution >= 0.6 is 34.8 Å². The third-order valence-corrected chi connectivity index (χ3v) is 2.45. The van der Waals surface area contributed by atoms with Gasteiger partial charge in [0.25, 0.3) is 0 Å². The smallest absolute Gasteiger partial charge is 0.323 e. The van der Waals surface area contributed by atoms with Gasteiger partial charge in [0.1, 0.15) is 5.15 Å². The second-order valence-corrected chi connectivity index (χ2v) is 4.07. The fraction of sp³-hybridized carbons (Fsp3) is 0. The largest absolute Gasteiger partial charge is 0.423 e. The Morgan fingerprint density at radius 1 is 1.06 bits per heavy atom. The van der Waals surface area contributed by atoms with E-state index in [2.05, 4.69) is 9.97 Å². The average Bonchev–Trinajstić information content (AvgIpc) is 2.24. The first kappa shape index (κ1) is 11.5. The van der Waals surface area contributed by atoms with Gasteiger partial charge in [0, 0.05) is 17.3 Å². The van der Waals surface area contributed by atoms with Gasteiger partial charge < -0.3 is 4.74 Å². The molecule has 0 aliphatic carbocycles. The zero-order valence-corrected chi connectivity index (χ0v) is 10.1. The van der Waals surface area contributed by atoms with Crippen LogP contribution in [-0.4, -0.2) is 9.97 Å². The Labute approximate surface area is 107 Å². The molecule has 1 aromatic carbocycles. The molecule has 0 radical (unpaired) electrons. The van der Waals surface area contributed by atoms with Gasteiger partial charge in [-0.05, 0) is 18.2 Å². The predicted molar refractivity (Wildman–Crippen MR) is 63.6 cm³/mol. The molecule has 1 heterocycles. The maximum absolute atomic E-state index is 5.91. The summed E-state index contributed by atoms with van der Waals surface area (Å²) in [6, 6.07) is 6.54. The van der Waals surface area contributed by atoms with E-state index in [-0.39, 0.29) is 6.01 Å². The van der Waals surface area contributed by atoms with Gasteiger partial charge >= 0.3 is 6.01 Å². The van der Waals surface area contributed by atoms with Crippen molar-refractivity contribution in [3.8, 4) is 11.8 Å². The Balaban J connectivity index is 2.30. The molecular weight excluding hydrogens is 270 g/mol. The molecule has 0 fully saturated rings. The van der Waals surface area contributed by atoms with E-state index >= 15 is 0 Å². The molecule has 0 amide bonds. The van der Waals surface area contributed by atoms with Gasteiger partial charge in [-0.25, -0.2) is 4.98 Å². The zero-order valence-electron chi connectivity index (χ0n) is 7.82. The van der Waals surface area contributed by atoms with Crippen LogP contribution in [0.3, 0.4) is 0 Å². The van der Waals surface area contributed by atoms with E-state index in [0.29, 0.717) is 20.9 Å². The van der Waals surface area contributed by atoms with Crippen molar-refractivity contribution in [3.63, 3.8) is 0 Å². The van der Waals surface area contributed by atoms with Crippen molar-refractivity contribution in [1.82, 2.24) is 9.97 Å². The molecule has 0 atom stereocenters. The van der Waals surface area contributed by atoms with E-state index in [1.165, 1.54) is 6.20 Å². The molecule has 0 spiro atoms. The monoisotopic (exact) mass is 274 g/mol. The van der Waals surface area contributed by atoms with Crippen molar-refractivity contribution in [1.29, 1.82) is 0 Å². The van der Waals surface area contributed by atoms with Crippen LogP contribution in [0.4, 0.5) is 0 Å². The highest BCUT2D eigenvalue weighted by molar-refractivity contribution is 6.34. The van der Waals surface area contributed by atoms with Crippen molar-refractivity contribution < 1.29 is 4.74 Å². The van der Waals surface area contributed by atoms with E-state index < -0.39 is 0 Å². The molecule has 2 rings (SSSR count). The number of rotatable bonds is 2. The first-order chi connectivity index (χ1) is 7.65. The number of halogens is 3. The standard InChI is InChI=1S/C10H5Cl3N2O/c11-6-1-2-7(12)8(5-6)16-10-14-4-3-9(13)15-10/h1-5H. The fourth-order valence-corrected chi connectivity index (χ4v) is 1.47. The molecule has 0 aliphatic heterocycles. The number of hydrogen-bond donors (Lipinski definition) is 0. The van der Waals surface area contributed by atoms with Crippen molar-refractivity contribution in [2.75, 3.05) is 0 Å². The third kappa shape index (κ3) is 2.76. The minimum atomic E-state index is 0.122. The molecule has 0 N–H and O–H groups in total. The molecule has 2 aromatic rings. The van der Waals surface area contributed by atoms with E-state index in [9.17, 15) is 0 Å². The first-order valence-corrected chi connectivity index (χ1v) is 5.40. The van der Waals surface area contributed by atoms with Crippen LogP contribution in [0.25, 0.3) is 0 Å². The number of aromatic nitrogens is 2. The Bertz CT molecular complexity index is 519. The summed E-state index contributed by atoms with van der Waals surface area (Å²) < 4.78 is 5.35. The maximum atomic E-state index is 5.91. The molecular formula is C10H5Cl3N2O. The average molecular weight is 276 g/mol. The van der Waals surface area contributed by atoms with Crippen LogP contribution in [0.5, 0.6) is 11.8 Å². The summed E-state index contributed by atoms with van der Waals surface area (Å²) in [5.41, 5.74) is 0. The highest BCUT2D eigenvalue weighted by Crippen LogP contribution is 2.30. The third-order valence-electron chi connectivity index (χ3n) is 1.69. The van der Waals surface area contributed by atoms with E-state index in [4.69, 9.17) is 39.5 Å². The molecule has 0 bridgehead atoms. The molecule has 3 nitrogen and oxygen atoms in total. The van der Waals surface area contributed by atoms with Gasteiger partial charge in [-0.1, -0.05) is 34.8 Å². The quantitative estimate of drug-likeness (QED) is 0.769. The van der Waals surface area contributed by atoms with Gasteiger partial charge in [-0.3, -0.25) is 0 Å². The lowest BCUT2D eigenvalue weighted by Gasteiger charge is -2.05.